The van der Waals surface area contributed by atoms with E-state index in [1.54, 1.807) is 6.26 Å². The van der Waals surface area contributed by atoms with Crippen molar-refractivity contribution in [2.75, 3.05) is 12.3 Å². The molecule has 1 aromatic heterocycles. The molecule has 0 atom stereocenters. The van der Waals surface area contributed by atoms with Gasteiger partial charge in [0.15, 0.2) is 0 Å². The van der Waals surface area contributed by atoms with E-state index in [2.05, 4.69) is 0 Å². The summed E-state index contributed by atoms with van der Waals surface area (Å²) in [5.74, 6) is 1.72. The average molecular weight is 203 g/mol. The number of ether oxygens (including phenoxy) is 1. The van der Waals surface area contributed by atoms with Gasteiger partial charge in [-0.15, -0.1) is 0 Å². The van der Waals surface area contributed by atoms with Crippen LogP contribution in [0, 0.1) is 0 Å². The van der Waals surface area contributed by atoms with Gasteiger partial charge in [0.25, 0.3) is 0 Å². The Bertz CT molecular complexity index is 409. The lowest BCUT2D eigenvalue weighted by Gasteiger charge is -2.05. The lowest BCUT2D eigenvalue weighted by atomic mass is 10.3. The molecule has 0 aliphatic heterocycles. The Balaban J connectivity index is 1.83. The zero-order valence-corrected chi connectivity index (χ0v) is 8.35. The van der Waals surface area contributed by atoms with Gasteiger partial charge in [-0.2, -0.15) is 0 Å². The SMILES string of the molecule is Nc1cccc(OCCc2ccco2)c1. The van der Waals surface area contributed by atoms with Crippen molar-refractivity contribution in [3.8, 4) is 5.75 Å². The summed E-state index contributed by atoms with van der Waals surface area (Å²) in [7, 11) is 0. The largest absolute Gasteiger partial charge is 0.493 e. The fraction of sp³-hybridized carbons (Fsp3) is 0.167. The number of nitrogens with two attached hydrogens (primary N) is 1. The maximum absolute atomic E-state index is 5.63. The molecule has 2 rings (SSSR count). The van der Waals surface area contributed by atoms with Crippen molar-refractivity contribution in [2.45, 2.75) is 6.42 Å². The Morgan fingerprint density at radius 2 is 2.13 bits per heavy atom. The summed E-state index contributed by atoms with van der Waals surface area (Å²) in [6.45, 7) is 0.594. The van der Waals surface area contributed by atoms with Gasteiger partial charge in [0.2, 0.25) is 0 Å². The first-order chi connectivity index (χ1) is 7.34. The molecule has 78 valence electrons. The Morgan fingerprint density at radius 3 is 2.87 bits per heavy atom. The van der Waals surface area contributed by atoms with Crippen LogP contribution in [0.1, 0.15) is 5.76 Å². The number of hydrogen-bond acceptors (Lipinski definition) is 3. The number of rotatable bonds is 4. The van der Waals surface area contributed by atoms with Gasteiger partial charge < -0.3 is 14.9 Å². The molecule has 1 heterocycles. The van der Waals surface area contributed by atoms with Crippen molar-refractivity contribution in [2.24, 2.45) is 0 Å². The van der Waals surface area contributed by atoms with Gasteiger partial charge in [-0.1, -0.05) is 6.07 Å². The number of nitrogen functional groups attached to an aromatic ring is 1. The van der Waals surface area contributed by atoms with Crippen molar-refractivity contribution in [3.05, 3.63) is 48.4 Å². The lowest BCUT2D eigenvalue weighted by Crippen LogP contribution is -2.00. The highest BCUT2D eigenvalue weighted by atomic mass is 16.5. The van der Waals surface area contributed by atoms with E-state index in [4.69, 9.17) is 14.9 Å². The van der Waals surface area contributed by atoms with E-state index in [1.165, 1.54) is 0 Å². The fourth-order valence-electron chi connectivity index (χ4n) is 1.33. The Hall–Kier alpha value is -1.90. The molecular formula is C12H13NO2. The zero-order chi connectivity index (χ0) is 10.5. The molecule has 15 heavy (non-hydrogen) atoms. The highest BCUT2D eigenvalue weighted by Crippen LogP contribution is 2.14. The van der Waals surface area contributed by atoms with Crippen LogP contribution in [0.2, 0.25) is 0 Å². The van der Waals surface area contributed by atoms with Gasteiger partial charge in [-0.25, -0.2) is 0 Å². The van der Waals surface area contributed by atoms with Gasteiger partial charge >= 0.3 is 0 Å². The van der Waals surface area contributed by atoms with Crippen LogP contribution in [0.5, 0.6) is 5.75 Å². The quantitative estimate of drug-likeness (QED) is 0.776. The van der Waals surface area contributed by atoms with Crippen LogP contribution in [-0.2, 0) is 6.42 Å². The molecule has 0 unspecified atom stereocenters. The van der Waals surface area contributed by atoms with Crippen LogP contribution < -0.4 is 10.5 Å². The van der Waals surface area contributed by atoms with E-state index in [-0.39, 0.29) is 0 Å². The predicted octanol–water partition coefficient (Wildman–Crippen LogP) is 2.48. The minimum atomic E-state index is 0.594. The third-order valence-electron chi connectivity index (χ3n) is 2.06. The molecule has 0 radical (unpaired) electrons. The van der Waals surface area contributed by atoms with Gasteiger partial charge in [0.05, 0.1) is 12.9 Å². The molecule has 0 aliphatic carbocycles. The number of hydrogen-bond donors (Lipinski definition) is 1. The highest BCUT2D eigenvalue weighted by molar-refractivity contribution is 5.43. The highest BCUT2D eigenvalue weighted by Gasteiger charge is 1.97. The first kappa shape index (κ1) is 9.65. The molecule has 0 aliphatic rings. The number of furan rings is 1. The van der Waals surface area contributed by atoms with E-state index in [0.29, 0.717) is 12.3 Å². The minimum Gasteiger partial charge on any atom is -0.493 e. The summed E-state index contributed by atoms with van der Waals surface area (Å²) in [5.41, 5.74) is 6.34. The van der Waals surface area contributed by atoms with Crippen molar-refractivity contribution >= 4 is 5.69 Å². The van der Waals surface area contributed by atoms with Crippen molar-refractivity contribution in [3.63, 3.8) is 0 Å². The monoisotopic (exact) mass is 203 g/mol. The van der Waals surface area contributed by atoms with E-state index >= 15 is 0 Å². The molecule has 0 saturated carbocycles. The molecule has 0 spiro atoms. The minimum absolute atomic E-state index is 0.594. The smallest absolute Gasteiger partial charge is 0.121 e. The average Bonchev–Trinajstić information content (AvgIpc) is 2.71. The van der Waals surface area contributed by atoms with Crippen LogP contribution in [0.25, 0.3) is 0 Å². The van der Waals surface area contributed by atoms with E-state index in [0.717, 1.165) is 17.9 Å². The summed E-state index contributed by atoms with van der Waals surface area (Å²) < 4.78 is 10.7. The summed E-state index contributed by atoms with van der Waals surface area (Å²) in [6.07, 6.45) is 2.43. The molecule has 2 aromatic rings. The molecule has 3 nitrogen and oxygen atoms in total. The van der Waals surface area contributed by atoms with Crippen LogP contribution in [0.3, 0.4) is 0 Å². The second-order valence-corrected chi connectivity index (χ2v) is 3.25. The van der Waals surface area contributed by atoms with Crippen molar-refractivity contribution < 1.29 is 9.15 Å². The molecule has 0 fully saturated rings. The maximum Gasteiger partial charge on any atom is 0.121 e. The second-order valence-electron chi connectivity index (χ2n) is 3.25. The second kappa shape index (κ2) is 4.55. The molecule has 1 aromatic carbocycles. The fourth-order valence-corrected chi connectivity index (χ4v) is 1.33. The molecular weight excluding hydrogens is 190 g/mol. The lowest BCUT2D eigenvalue weighted by molar-refractivity contribution is 0.309. The normalized spacial score (nSPS) is 10.1. The first-order valence-electron chi connectivity index (χ1n) is 4.85. The predicted molar refractivity (Wildman–Crippen MR) is 58.8 cm³/mol. The van der Waals surface area contributed by atoms with E-state index in [1.807, 2.05) is 36.4 Å². The Morgan fingerprint density at radius 1 is 1.20 bits per heavy atom. The summed E-state index contributed by atoms with van der Waals surface area (Å²) >= 11 is 0. The summed E-state index contributed by atoms with van der Waals surface area (Å²) in [5, 5.41) is 0. The van der Waals surface area contributed by atoms with Crippen LogP contribution in [-0.4, -0.2) is 6.61 Å². The molecule has 2 N–H and O–H groups in total. The molecule has 0 saturated heterocycles. The third kappa shape index (κ3) is 2.77. The molecule has 3 heteroatoms. The molecule has 0 bridgehead atoms. The van der Waals surface area contributed by atoms with Gasteiger partial charge in [0.1, 0.15) is 11.5 Å². The molecule has 0 amide bonds. The van der Waals surface area contributed by atoms with Gasteiger partial charge in [0, 0.05) is 18.2 Å². The van der Waals surface area contributed by atoms with Gasteiger partial charge in [-0.05, 0) is 24.3 Å². The summed E-state index contributed by atoms with van der Waals surface area (Å²) in [6, 6.07) is 11.2. The van der Waals surface area contributed by atoms with E-state index in [9.17, 15) is 0 Å². The van der Waals surface area contributed by atoms with E-state index < -0.39 is 0 Å². The number of benzene rings is 1. The topological polar surface area (TPSA) is 48.4 Å². The standard InChI is InChI=1S/C12H13NO2/c13-10-3-1-4-12(9-10)15-8-6-11-5-2-7-14-11/h1-5,7,9H,6,8,13H2. The Labute approximate surface area is 88.5 Å². The third-order valence-corrected chi connectivity index (χ3v) is 2.06. The van der Waals surface area contributed by atoms with Crippen LogP contribution in [0.15, 0.2) is 47.1 Å². The maximum atomic E-state index is 5.63. The summed E-state index contributed by atoms with van der Waals surface area (Å²) in [4.78, 5) is 0. The first-order valence-corrected chi connectivity index (χ1v) is 4.85. The van der Waals surface area contributed by atoms with Gasteiger partial charge in [-0.3, -0.25) is 0 Å². The number of anilines is 1. The van der Waals surface area contributed by atoms with Crippen LogP contribution >= 0.6 is 0 Å². The van der Waals surface area contributed by atoms with Crippen LogP contribution in [0.4, 0.5) is 5.69 Å². The van der Waals surface area contributed by atoms with Crippen molar-refractivity contribution in [1.29, 1.82) is 0 Å². The van der Waals surface area contributed by atoms with Crippen molar-refractivity contribution in [1.82, 2.24) is 0 Å². The zero-order valence-electron chi connectivity index (χ0n) is 8.35. The Kier molecular flexibility index (Phi) is 2.93.